The summed E-state index contributed by atoms with van der Waals surface area (Å²) in [6, 6.07) is 11.4. The van der Waals surface area contributed by atoms with Crippen molar-refractivity contribution in [3.05, 3.63) is 58.9 Å². The lowest BCUT2D eigenvalue weighted by molar-refractivity contribution is 0.0123. The minimum atomic E-state index is -3.40. The van der Waals surface area contributed by atoms with Crippen molar-refractivity contribution in [2.45, 2.75) is 77.7 Å². The molecule has 1 aromatic carbocycles. The first-order chi connectivity index (χ1) is 23.2. The quantitative estimate of drug-likeness (QED) is 0.334. The topological polar surface area (TPSA) is 121 Å². The van der Waals surface area contributed by atoms with Gasteiger partial charge in [-0.1, -0.05) is 23.7 Å². The van der Waals surface area contributed by atoms with Crippen molar-refractivity contribution in [2.75, 3.05) is 45.5 Å². The molecule has 1 atom stereocenters. The van der Waals surface area contributed by atoms with Crippen LogP contribution in [0.25, 0.3) is 22.5 Å². The van der Waals surface area contributed by atoms with Crippen LogP contribution in [0.3, 0.4) is 0 Å². The number of likely N-dealkylation sites (tertiary alicyclic amines) is 2. The van der Waals surface area contributed by atoms with Crippen molar-refractivity contribution in [3.63, 3.8) is 0 Å². The van der Waals surface area contributed by atoms with E-state index in [1.54, 1.807) is 6.20 Å². The molecule has 2 saturated heterocycles. The summed E-state index contributed by atoms with van der Waals surface area (Å²) in [5.41, 5.74) is 4.37. The van der Waals surface area contributed by atoms with Crippen molar-refractivity contribution in [1.82, 2.24) is 28.9 Å². The Labute approximate surface area is 295 Å². The van der Waals surface area contributed by atoms with E-state index in [9.17, 15) is 18.3 Å². The molecule has 0 aliphatic carbocycles. The number of β-amino-alcohol motifs (C(OH)–C–C–N with tert-alkyl or cyclic N) is 1. The molecule has 0 spiro atoms. The van der Waals surface area contributed by atoms with Gasteiger partial charge in [0, 0.05) is 67.7 Å². The fourth-order valence-electron chi connectivity index (χ4n) is 7.57. The molecule has 2 fully saturated rings. The van der Waals surface area contributed by atoms with Crippen LogP contribution in [0.2, 0.25) is 5.02 Å². The number of ether oxygens (including phenoxy) is 1. The highest BCUT2D eigenvalue weighted by Gasteiger charge is 2.34. The van der Waals surface area contributed by atoms with Gasteiger partial charge in [-0.3, -0.25) is 9.67 Å². The summed E-state index contributed by atoms with van der Waals surface area (Å²) < 4.78 is 34.0. The predicted molar refractivity (Wildman–Crippen MR) is 191 cm³/mol. The maximum atomic E-state index is 12.6. The fourth-order valence-corrected chi connectivity index (χ4v) is 8.57. The Kier molecular flexibility index (Phi) is 10.7. The van der Waals surface area contributed by atoms with Gasteiger partial charge in [-0.15, -0.1) is 0 Å². The molecule has 0 saturated carbocycles. The summed E-state index contributed by atoms with van der Waals surface area (Å²) in [5, 5.41) is 16.9. The van der Waals surface area contributed by atoms with Gasteiger partial charge in [0.25, 0.3) is 0 Å². The highest BCUT2D eigenvalue weighted by atomic mass is 35.5. The molecular weight excluding hydrogens is 664 g/mol. The SMILES string of the molecule is CC(C)(C)OC(=O)N1CCC(C2CCN(C[C@H](O)Cn3nc(-c4ccc(Cl)c(-c5ccccn5)c4)c4c3CCN(S(C)(=O)=O)C4)CC2)CC1. The third kappa shape index (κ3) is 8.65. The maximum absolute atomic E-state index is 12.6. The molecule has 2 aromatic heterocycles. The number of fused-ring (bicyclic) bond motifs is 1. The Morgan fingerprint density at radius 2 is 1.71 bits per heavy atom. The fraction of sp³-hybridized carbons (Fsp3) is 0.583. The van der Waals surface area contributed by atoms with Crippen LogP contribution in [-0.2, 0) is 34.3 Å². The van der Waals surface area contributed by atoms with E-state index in [0.717, 1.165) is 79.9 Å². The van der Waals surface area contributed by atoms with Crippen LogP contribution in [0.5, 0.6) is 0 Å². The number of amides is 1. The molecule has 5 heterocycles. The minimum absolute atomic E-state index is 0.213. The molecule has 0 bridgehead atoms. The number of hydrogen-bond acceptors (Lipinski definition) is 8. The van der Waals surface area contributed by atoms with E-state index < -0.39 is 21.7 Å². The van der Waals surface area contributed by atoms with Crippen LogP contribution in [0.4, 0.5) is 4.79 Å². The number of pyridine rings is 1. The number of nitrogens with zero attached hydrogens (tertiary/aromatic N) is 6. The first-order valence-electron chi connectivity index (χ1n) is 17.4. The number of halogens is 1. The van der Waals surface area contributed by atoms with Gasteiger partial charge in [-0.25, -0.2) is 13.2 Å². The number of aliphatic hydroxyl groups excluding tert-OH is 1. The lowest BCUT2D eigenvalue weighted by atomic mass is 9.79. The highest BCUT2D eigenvalue weighted by Crippen LogP contribution is 2.36. The molecule has 3 aromatic rings. The molecule has 0 radical (unpaired) electrons. The van der Waals surface area contributed by atoms with Gasteiger partial charge in [0.1, 0.15) is 5.60 Å². The van der Waals surface area contributed by atoms with Crippen LogP contribution in [0, 0.1) is 11.8 Å². The second-order valence-corrected chi connectivity index (χ2v) is 17.2. The highest BCUT2D eigenvalue weighted by molar-refractivity contribution is 7.88. The largest absolute Gasteiger partial charge is 0.444 e. The number of rotatable bonds is 8. The summed E-state index contributed by atoms with van der Waals surface area (Å²) >= 11 is 6.59. The predicted octanol–water partition coefficient (Wildman–Crippen LogP) is 5.30. The number of benzene rings is 1. The first-order valence-corrected chi connectivity index (χ1v) is 19.6. The van der Waals surface area contributed by atoms with Crippen molar-refractivity contribution in [3.8, 4) is 22.5 Å². The average Bonchev–Trinajstić information content (AvgIpc) is 3.42. The van der Waals surface area contributed by atoms with Gasteiger partial charge in [-0.2, -0.15) is 9.40 Å². The van der Waals surface area contributed by atoms with Gasteiger partial charge in [0.2, 0.25) is 10.0 Å². The van der Waals surface area contributed by atoms with Crippen LogP contribution >= 0.6 is 11.6 Å². The van der Waals surface area contributed by atoms with Crippen molar-refractivity contribution in [2.24, 2.45) is 11.8 Å². The molecule has 49 heavy (non-hydrogen) atoms. The monoisotopic (exact) mass is 712 g/mol. The molecular formula is C36H49ClN6O5S. The van der Waals surface area contributed by atoms with Crippen molar-refractivity contribution in [1.29, 1.82) is 0 Å². The first kappa shape index (κ1) is 35.8. The second kappa shape index (κ2) is 14.7. The Morgan fingerprint density at radius 1 is 1.02 bits per heavy atom. The summed E-state index contributed by atoms with van der Waals surface area (Å²) in [6.07, 6.45) is 6.82. The zero-order valence-corrected chi connectivity index (χ0v) is 30.6. The smallest absolute Gasteiger partial charge is 0.410 e. The lowest BCUT2D eigenvalue weighted by Gasteiger charge is -2.40. The van der Waals surface area contributed by atoms with Crippen LogP contribution in [0.15, 0.2) is 42.6 Å². The Morgan fingerprint density at radius 3 is 2.35 bits per heavy atom. The molecule has 1 amide bonds. The molecule has 13 heteroatoms. The number of piperidine rings is 2. The van der Waals surface area contributed by atoms with Crippen LogP contribution in [0.1, 0.15) is 57.7 Å². The van der Waals surface area contributed by atoms with Gasteiger partial charge in [0.15, 0.2) is 0 Å². The average molecular weight is 713 g/mol. The van der Waals surface area contributed by atoms with Crippen molar-refractivity contribution >= 4 is 27.7 Å². The molecule has 6 rings (SSSR count). The number of hydrogen-bond donors (Lipinski definition) is 1. The molecule has 266 valence electrons. The van der Waals surface area contributed by atoms with E-state index >= 15 is 0 Å². The normalized spacial score (nSPS) is 19.5. The van der Waals surface area contributed by atoms with E-state index in [1.807, 2.05) is 66.8 Å². The second-order valence-electron chi connectivity index (χ2n) is 14.8. The van der Waals surface area contributed by atoms with Gasteiger partial charge in [0.05, 0.1) is 35.3 Å². The third-order valence-electron chi connectivity index (χ3n) is 10.1. The molecule has 3 aliphatic heterocycles. The zero-order chi connectivity index (χ0) is 34.9. The number of aliphatic hydroxyl groups is 1. The number of carbonyl (C=O) groups is 1. The van der Waals surface area contributed by atoms with E-state index in [2.05, 4.69) is 9.88 Å². The molecule has 11 nitrogen and oxygen atoms in total. The number of aromatic nitrogens is 3. The molecule has 3 aliphatic rings. The lowest BCUT2D eigenvalue weighted by Crippen LogP contribution is -2.45. The summed E-state index contributed by atoms with van der Waals surface area (Å²) in [4.78, 5) is 21.2. The Bertz CT molecular complexity index is 1730. The van der Waals surface area contributed by atoms with Crippen molar-refractivity contribution < 1.29 is 23.1 Å². The Balaban J connectivity index is 1.10. The summed E-state index contributed by atoms with van der Waals surface area (Å²) in [6.45, 7) is 10.5. The molecule has 0 unspecified atom stereocenters. The number of sulfonamides is 1. The van der Waals surface area contributed by atoms with Gasteiger partial charge in [-0.05, 0) is 95.6 Å². The van der Waals surface area contributed by atoms with Crippen LogP contribution < -0.4 is 0 Å². The maximum Gasteiger partial charge on any atom is 0.410 e. The third-order valence-corrected chi connectivity index (χ3v) is 11.7. The minimum Gasteiger partial charge on any atom is -0.444 e. The van der Waals surface area contributed by atoms with E-state index in [4.69, 9.17) is 21.4 Å². The summed E-state index contributed by atoms with van der Waals surface area (Å²) in [7, 11) is -3.40. The zero-order valence-electron chi connectivity index (χ0n) is 29.0. The van der Waals surface area contributed by atoms with Gasteiger partial charge < -0.3 is 19.6 Å². The van der Waals surface area contributed by atoms with E-state index in [0.29, 0.717) is 48.6 Å². The number of carbonyl (C=O) groups excluding carboxylic acids is 1. The Hall–Kier alpha value is -3.03. The molecule has 1 N–H and O–H groups in total. The summed E-state index contributed by atoms with van der Waals surface area (Å²) in [5.74, 6) is 1.24. The van der Waals surface area contributed by atoms with E-state index in [1.165, 1.54) is 10.6 Å². The van der Waals surface area contributed by atoms with Gasteiger partial charge >= 0.3 is 6.09 Å². The van der Waals surface area contributed by atoms with Crippen LogP contribution in [-0.4, -0.2) is 106 Å². The standard InChI is InChI=1S/C36H49ClN6O5S/c1-36(2,3)48-35(45)41-18-12-26(13-19-41)25-10-16-40(17-11-25)22-28(44)23-43-33-14-20-42(49(4,46)47)24-30(33)34(39-43)27-8-9-31(37)29(21-27)32-7-5-6-15-38-32/h5-9,15,21,25-26,28,44H,10-14,16-20,22-24H2,1-4H3/t28-/m0/s1. The van der Waals surface area contributed by atoms with E-state index in [-0.39, 0.29) is 12.6 Å².